The van der Waals surface area contributed by atoms with Gasteiger partial charge in [-0.2, -0.15) is 0 Å². The van der Waals surface area contributed by atoms with Crippen LogP contribution in [0.4, 0.5) is 0 Å². The molecular formula is C17H16BrNOS. The highest BCUT2D eigenvalue weighted by atomic mass is 79.9. The Morgan fingerprint density at radius 2 is 1.95 bits per heavy atom. The molecule has 3 rings (SSSR count). The summed E-state index contributed by atoms with van der Waals surface area (Å²) >= 11 is 5.28. The summed E-state index contributed by atoms with van der Waals surface area (Å²) in [6.07, 6.45) is 0.979. The third-order valence-corrected chi connectivity index (χ3v) is 5.40. The molecule has 21 heavy (non-hydrogen) atoms. The third-order valence-electron chi connectivity index (χ3n) is 3.63. The van der Waals surface area contributed by atoms with E-state index < -0.39 is 0 Å². The maximum absolute atomic E-state index is 12.4. The smallest absolute Gasteiger partial charge is 0.251 e. The molecule has 0 aromatic heterocycles. The van der Waals surface area contributed by atoms with E-state index in [-0.39, 0.29) is 11.9 Å². The zero-order valence-electron chi connectivity index (χ0n) is 11.5. The molecular weight excluding hydrogens is 346 g/mol. The van der Waals surface area contributed by atoms with Crippen LogP contribution < -0.4 is 5.32 Å². The van der Waals surface area contributed by atoms with Crippen LogP contribution in [-0.2, 0) is 5.33 Å². The Kier molecular flexibility index (Phi) is 4.66. The second kappa shape index (κ2) is 6.67. The summed E-state index contributed by atoms with van der Waals surface area (Å²) in [5, 5.41) is 3.97. The van der Waals surface area contributed by atoms with E-state index in [9.17, 15) is 4.79 Å². The first-order valence-electron chi connectivity index (χ1n) is 6.95. The molecule has 0 spiro atoms. The molecule has 0 radical (unpaired) electrons. The van der Waals surface area contributed by atoms with Crippen LogP contribution in [0.15, 0.2) is 53.4 Å². The maximum atomic E-state index is 12.4. The molecule has 1 atom stereocenters. The minimum atomic E-state index is 0.00262. The molecule has 1 N–H and O–H groups in total. The Labute approximate surface area is 137 Å². The molecule has 2 aromatic rings. The van der Waals surface area contributed by atoms with E-state index in [0.29, 0.717) is 0 Å². The van der Waals surface area contributed by atoms with Crippen LogP contribution in [0.5, 0.6) is 0 Å². The number of rotatable bonds is 3. The molecule has 0 aliphatic carbocycles. The Morgan fingerprint density at radius 1 is 1.19 bits per heavy atom. The fourth-order valence-corrected chi connectivity index (χ4v) is 3.98. The van der Waals surface area contributed by atoms with Crippen LogP contribution >= 0.6 is 27.7 Å². The molecule has 1 heterocycles. The summed E-state index contributed by atoms with van der Waals surface area (Å²) in [5.41, 5.74) is 3.13. The number of hydrogen-bond donors (Lipinski definition) is 1. The van der Waals surface area contributed by atoms with Gasteiger partial charge in [-0.1, -0.05) is 46.3 Å². The van der Waals surface area contributed by atoms with Crippen LogP contribution in [0.2, 0.25) is 0 Å². The second-order valence-electron chi connectivity index (χ2n) is 5.03. The topological polar surface area (TPSA) is 29.1 Å². The fraction of sp³-hybridized carbons (Fsp3) is 0.235. The van der Waals surface area contributed by atoms with Crippen molar-refractivity contribution in [2.75, 3.05) is 5.75 Å². The van der Waals surface area contributed by atoms with Crippen molar-refractivity contribution in [1.82, 2.24) is 5.32 Å². The Hall–Kier alpha value is -1.26. The summed E-state index contributed by atoms with van der Waals surface area (Å²) in [6.45, 7) is 0. The molecule has 1 aliphatic rings. The molecule has 1 aliphatic heterocycles. The van der Waals surface area contributed by atoms with Crippen molar-refractivity contribution in [3.05, 3.63) is 65.2 Å². The largest absolute Gasteiger partial charge is 0.345 e. The molecule has 4 heteroatoms. The number of amides is 1. The van der Waals surface area contributed by atoms with Crippen molar-refractivity contribution in [3.63, 3.8) is 0 Å². The lowest BCUT2D eigenvalue weighted by Gasteiger charge is -2.25. The number of carbonyl (C=O) groups excluding carboxylic acids is 1. The number of hydrogen-bond acceptors (Lipinski definition) is 2. The highest BCUT2D eigenvalue weighted by Gasteiger charge is 2.22. The molecule has 0 saturated carbocycles. The Morgan fingerprint density at radius 3 is 2.71 bits per heavy atom. The lowest BCUT2D eigenvalue weighted by atomic mass is 10.0. The van der Waals surface area contributed by atoms with Gasteiger partial charge in [0.15, 0.2) is 0 Å². The van der Waals surface area contributed by atoms with Gasteiger partial charge in [0.2, 0.25) is 0 Å². The SMILES string of the molecule is O=C(NC1CCSc2ccccc21)c1ccc(CBr)cc1. The number of halogens is 1. The highest BCUT2D eigenvalue weighted by molar-refractivity contribution is 9.08. The Balaban J connectivity index is 1.76. The first kappa shape index (κ1) is 14.7. The van der Waals surface area contributed by atoms with Gasteiger partial charge in [-0.25, -0.2) is 0 Å². The van der Waals surface area contributed by atoms with E-state index in [1.165, 1.54) is 16.0 Å². The van der Waals surface area contributed by atoms with E-state index in [2.05, 4.69) is 39.4 Å². The summed E-state index contributed by atoms with van der Waals surface area (Å²) < 4.78 is 0. The molecule has 1 unspecified atom stereocenters. The van der Waals surface area contributed by atoms with Crippen molar-refractivity contribution in [1.29, 1.82) is 0 Å². The average molecular weight is 362 g/mol. The zero-order valence-corrected chi connectivity index (χ0v) is 13.9. The van der Waals surface area contributed by atoms with Crippen LogP contribution in [-0.4, -0.2) is 11.7 Å². The highest BCUT2D eigenvalue weighted by Crippen LogP contribution is 2.35. The van der Waals surface area contributed by atoms with Crippen molar-refractivity contribution in [3.8, 4) is 0 Å². The van der Waals surface area contributed by atoms with Crippen LogP contribution in [0.1, 0.15) is 33.9 Å². The van der Waals surface area contributed by atoms with Gasteiger partial charge in [0.05, 0.1) is 6.04 Å². The average Bonchev–Trinajstić information content (AvgIpc) is 2.55. The predicted octanol–water partition coefficient (Wildman–Crippen LogP) is 4.55. The van der Waals surface area contributed by atoms with E-state index in [1.807, 2.05) is 42.1 Å². The number of carbonyl (C=O) groups is 1. The van der Waals surface area contributed by atoms with Crippen molar-refractivity contribution in [2.45, 2.75) is 22.7 Å². The van der Waals surface area contributed by atoms with E-state index in [0.717, 1.165) is 23.1 Å². The molecule has 0 saturated heterocycles. The quantitative estimate of drug-likeness (QED) is 0.812. The molecule has 108 valence electrons. The number of nitrogens with one attached hydrogen (secondary N) is 1. The molecule has 0 fully saturated rings. The zero-order chi connectivity index (χ0) is 14.7. The number of alkyl halides is 1. The first-order chi connectivity index (χ1) is 10.3. The summed E-state index contributed by atoms with van der Waals surface area (Å²) in [7, 11) is 0. The minimum Gasteiger partial charge on any atom is -0.345 e. The lowest BCUT2D eigenvalue weighted by molar-refractivity contribution is 0.0935. The Bertz CT molecular complexity index is 641. The summed E-state index contributed by atoms with van der Waals surface area (Å²) in [5.74, 6) is 1.05. The number of fused-ring (bicyclic) bond motifs is 1. The van der Waals surface area contributed by atoms with Gasteiger partial charge in [0.25, 0.3) is 5.91 Å². The third kappa shape index (κ3) is 3.33. The van der Waals surface area contributed by atoms with E-state index in [1.54, 1.807) is 0 Å². The monoisotopic (exact) mass is 361 g/mol. The minimum absolute atomic E-state index is 0.00262. The normalized spacial score (nSPS) is 17.1. The summed E-state index contributed by atoms with van der Waals surface area (Å²) in [6, 6.07) is 16.2. The molecule has 2 nitrogen and oxygen atoms in total. The van der Waals surface area contributed by atoms with Gasteiger partial charge >= 0.3 is 0 Å². The van der Waals surface area contributed by atoms with Crippen molar-refractivity contribution >= 4 is 33.6 Å². The van der Waals surface area contributed by atoms with Gasteiger partial charge < -0.3 is 5.32 Å². The molecule has 0 bridgehead atoms. The van der Waals surface area contributed by atoms with Crippen LogP contribution in [0, 0.1) is 0 Å². The number of benzene rings is 2. The van der Waals surface area contributed by atoms with E-state index >= 15 is 0 Å². The van der Waals surface area contributed by atoms with Crippen molar-refractivity contribution < 1.29 is 4.79 Å². The molecule has 2 aromatic carbocycles. The number of thioether (sulfide) groups is 1. The fourth-order valence-electron chi connectivity index (χ4n) is 2.48. The van der Waals surface area contributed by atoms with Gasteiger partial charge in [-0.3, -0.25) is 4.79 Å². The second-order valence-corrected chi connectivity index (χ2v) is 6.73. The van der Waals surface area contributed by atoms with E-state index in [4.69, 9.17) is 0 Å². The van der Waals surface area contributed by atoms with Gasteiger partial charge in [0.1, 0.15) is 0 Å². The first-order valence-corrected chi connectivity index (χ1v) is 9.06. The van der Waals surface area contributed by atoms with Crippen molar-refractivity contribution in [2.24, 2.45) is 0 Å². The van der Waals surface area contributed by atoms with Crippen LogP contribution in [0.3, 0.4) is 0 Å². The predicted molar refractivity (Wildman–Crippen MR) is 91.1 cm³/mol. The standard InChI is InChI=1S/C17H16BrNOS/c18-11-12-5-7-13(8-6-12)17(20)19-15-9-10-21-16-4-2-1-3-14(15)16/h1-8,15H,9-11H2,(H,19,20). The maximum Gasteiger partial charge on any atom is 0.251 e. The van der Waals surface area contributed by atoms with Crippen LogP contribution in [0.25, 0.3) is 0 Å². The van der Waals surface area contributed by atoms with Gasteiger partial charge in [-0.15, -0.1) is 11.8 Å². The lowest BCUT2D eigenvalue weighted by Crippen LogP contribution is -2.30. The molecule has 1 amide bonds. The summed E-state index contributed by atoms with van der Waals surface area (Å²) in [4.78, 5) is 13.7. The van der Waals surface area contributed by atoms with Gasteiger partial charge in [-0.05, 0) is 35.7 Å². The van der Waals surface area contributed by atoms with Gasteiger partial charge in [0, 0.05) is 21.5 Å².